The van der Waals surface area contributed by atoms with Gasteiger partial charge in [0.1, 0.15) is 12.9 Å². The molecule has 3 N–H and O–H groups in total. The number of amides is 1. The van der Waals surface area contributed by atoms with Crippen molar-refractivity contribution in [1.82, 2.24) is 20.1 Å². The Morgan fingerprint density at radius 1 is 1.62 bits per heavy atom. The Hall–Kier alpha value is -1.24. The van der Waals surface area contributed by atoms with Gasteiger partial charge in [-0.15, -0.1) is 5.10 Å². The summed E-state index contributed by atoms with van der Waals surface area (Å²) in [6.07, 6.45) is 5.65. The summed E-state index contributed by atoms with van der Waals surface area (Å²) in [5.74, 6) is 1.26. The van der Waals surface area contributed by atoms with Crippen molar-refractivity contribution in [2.75, 3.05) is 24.3 Å². The molecular weight excluding hydrogens is 226 g/mol. The topological polar surface area (TPSA) is 85.8 Å². The summed E-state index contributed by atoms with van der Waals surface area (Å²) in [6.45, 7) is 0.885. The normalized spacial score (nSPS) is 10.3. The molecule has 0 aromatic carbocycles. The van der Waals surface area contributed by atoms with Gasteiger partial charge in [0.25, 0.3) is 0 Å². The van der Waals surface area contributed by atoms with E-state index in [1.807, 2.05) is 11.8 Å². The Labute approximate surface area is 99.0 Å². The number of unbranched alkanes of at least 4 members (excludes halogenated alkanes) is 1. The number of nitrogens with two attached hydrogens (primary N) is 1. The van der Waals surface area contributed by atoms with E-state index >= 15 is 0 Å². The standard InChI is InChI=1S/C9H17N5OS/c1-16-5-3-2-4-11-8(15)6-14-7-12-9(10)13-14/h7H,2-6H2,1H3,(H2,10,13)(H,11,15). The van der Waals surface area contributed by atoms with Gasteiger partial charge in [0.2, 0.25) is 11.9 Å². The minimum atomic E-state index is -0.0611. The number of nitrogen functional groups attached to an aromatic ring is 1. The third-order valence-corrected chi connectivity index (χ3v) is 2.65. The lowest BCUT2D eigenvalue weighted by Crippen LogP contribution is -2.28. The van der Waals surface area contributed by atoms with Crippen LogP contribution in [0.15, 0.2) is 6.33 Å². The number of nitrogens with one attached hydrogen (secondary N) is 1. The fraction of sp³-hybridized carbons (Fsp3) is 0.667. The zero-order valence-electron chi connectivity index (χ0n) is 9.35. The summed E-state index contributed by atoms with van der Waals surface area (Å²) in [5.41, 5.74) is 5.33. The lowest BCUT2D eigenvalue weighted by Gasteiger charge is -2.04. The van der Waals surface area contributed by atoms with E-state index in [9.17, 15) is 4.79 Å². The molecule has 0 fully saturated rings. The summed E-state index contributed by atoms with van der Waals surface area (Å²) in [4.78, 5) is 15.1. The lowest BCUT2D eigenvalue weighted by atomic mass is 10.3. The van der Waals surface area contributed by atoms with Crippen LogP contribution in [-0.4, -0.2) is 39.2 Å². The molecule has 1 aromatic rings. The molecule has 0 spiro atoms. The smallest absolute Gasteiger partial charge is 0.241 e. The Morgan fingerprint density at radius 3 is 3.06 bits per heavy atom. The average Bonchev–Trinajstić information content (AvgIpc) is 2.63. The van der Waals surface area contributed by atoms with Crippen LogP contribution in [0.4, 0.5) is 5.95 Å². The molecule has 0 bridgehead atoms. The number of nitrogens with zero attached hydrogens (tertiary/aromatic N) is 3. The van der Waals surface area contributed by atoms with Crippen molar-refractivity contribution >= 4 is 23.6 Å². The number of rotatable bonds is 7. The number of carbonyl (C=O) groups is 1. The van der Waals surface area contributed by atoms with Crippen LogP contribution < -0.4 is 11.1 Å². The van der Waals surface area contributed by atoms with Crippen LogP contribution in [0.2, 0.25) is 0 Å². The maximum Gasteiger partial charge on any atom is 0.241 e. The summed E-state index contributed by atoms with van der Waals surface area (Å²) in [5, 5.41) is 6.65. The SMILES string of the molecule is CSCCCCNC(=O)Cn1cnc(N)n1. The third kappa shape index (κ3) is 5.01. The molecular formula is C9H17N5OS. The summed E-state index contributed by atoms with van der Waals surface area (Å²) in [7, 11) is 0. The van der Waals surface area contributed by atoms with Crippen molar-refractivity contribution in [3.8, 4) is 0 Å². The minimum Gasteiger partial charge on any atom is -0.367 e. The van der Waals surface area contributed by atoms with Gasteiger partial charge in [0.05, 0.1) is 0 Å². The first kappa shape index (κ1) is 12.8. The molecule has 0 saturated heterocycles. The largest absolute Gasteiger partial charge is 0.367 e. The van der Waals surface area contributed by atoms with Crippen molar-refractivity contribution in [2.45, 2.75) is 19.4 Å². The Balaban J connectivity index is 2.11. The Morgan fingerprint density at radius 2 is 2.44 bits per heavy atom. The monoisotopic (exact) mass is 243 g/mol. The molecule has 0 radical (unpaired) electrons. The van der Waals surface area contributed by atoms with Crippen LogP contribution in [0.1, 0.15) is 12.8 Å². The molecule has 0 atom stereocenters. The molecule has 0 aliphatic rings. The number of hydrogen-bond acceptors (Lipinski definition) is 5. The van der Waals surface area contributed by atoms with Gasteiger partial charge < -0.3 is 11.1 Å². The van der Waals surface area contributed by atoms with Gasteiger partial charge in [-0.1, -0.05) is 0 Å². The first-order valence-electron chi connectivity index (χ1n) is 5.13. The molecule has 6 nitrogen and oxygen atoms in total. The minimum absolute atomic E-state index is 0.0611. The second-order valence-electron chi connectivity index (χ2n) is 3.35. The highest BCUT2D eigenvalue weighted by Crippen LogP contribution is 1.97. The van der Waals surface area contributed by atoms with Crippen LogP contribution in [-0.2, 0) is 11.3 Å². The summed E-state index contributed by atoms with van der Waals surface area (Å²) in [6, 6.07) is 0. The van der Waals surface area contributed by atoms with Gasteiger partial charge in [-0.3, -0.25) is 4.79 Å². The molecule has 1 amide bonds. The molecule has 0 aliphatic heterocycles. The van der Waals surface area contributed by atoms with E-state index in [4.69, 9.17) is 5.73 Å². The van der Waals surface area contributed by atoms with E-state index in [0.29, 0.717) is 6.54 Å². The second kappa shape index (κ2) is 7.10. The first-order valence-corrected chi connectivity index (χ1v) is 6.52. The highest BCUT2D eigenvalue weighted by molar-refractivity contribution is 7.98. The summed E-state index contributed by atoms with van der Waals surface area (Å²) >= 11 is 1.82. The highest BCUT2D eigenvalue weighted by Gasteiger charge is 2.03. The number of thioether (sulfide) groups is 1. The van der Waals surface area contributed by atoms with E-state index in [-0.39, 0.29) is 18.4 Å². The Bertz CT molecular complexity index is 327. The van der Waals surface area contributed by atoms with Crippen molar-refractivity contribution in [3.05, 3.63) is 6.33 Å². The van der Waals surface area contributed by atoms with Crippen molar-refractivity contribution in [3.63, 3.8) is 0 Å². The fourth-order valence-electron chi connectivity index (χ4n) is 1.19. The second-order valence-corrected chi connectivity index (χ2v) is 4.34. The molecule has 0 aliphatic carbocycles. The number of anilines is 1. The molecule has 16 heavy (non-hydrogen) atoms. The third-order valence-electron chi connectivity index (χ3n) is 1.96. The van der Waals surface area contributed by atoms with Crippen LogP contribution in [0.25, 0.3) is 0 Å². The van der Waals surface area contributed by atoms with Crippen molar-refractivity contribution < 1.29 is 4.79 Å². The maximum atomic E-state index is 11.4. The molecule has 0 saturated carbocycles. The zero-order chi connectivity index (χ0) is 11.8. The molecule has 1 aromatic heterocycles. The lowest BCUT2D eigenvalue weighted by molar-refractivity contribution is -0.121. The van der Waals surface area contributed by atoms with Crippen molar-refractivity contribution in [2.24, 2.45) is 0 Å². The van der Waals surface area contributed by atoms with Gasteiger partial charge in [-0.25, -0.2) is 9.67 Å². The fourth-order valence-corrected chi connectivity index (χ4v) is 1.68. The number of hydrogen-bond donors (Lipinski definition) is 2. The molecule has 1 rings (SSSR count). The van der Waals surface area contributed by atoms with Crippen LogP contribution in [0, 0.1) is 0 Å². The van der Waals surface area contributed by atoms with E-state index in [2.05, 4.69) is 21.7 Å². The van der Waals surface area contributed by atoms with Gasteiger partial charge in [-0.2, -0.15) is 11.8 Å². The van der Waals surface area contributed by atoms with E-state index in [1.165, 1.54) is 11.0 Å². The molecule has 7 heteroatoms. The predicted molar refractivity (Wildman–Crippen MR) is 65.1 cm³/mol. The quantitative estimate of drug-likeness (QED) is 0.664. The van der Waals surface area contributed by atoms with Gasteiger partial charge >= 0.3 is 0 Å². The first-order chi connectivity index (χ1) is 7.72. The van der Waals surface area contributed by atoms with E-state index in [1.54, 1.807) is 0 Å². The van der Waals surface area contributed by atoms with Gasteiger partial charge in [0, 0.05) is 6.54 Å². The van der Waals surface area contributed by atoms with Crippen LogP contribution in [0.5, 0.6) is 0 Å². The maximum absolute atomic E-state index is 11.4. The average molecular weight is 243 g/mol. The highest BCUT2D eigenvalue weighted by atomic mass is 32.2. The Kier molecular flexibility index (Phi) is 5.69. The van der Waals surface area contributed by atoms with Crippen LogP contribution >= 0.6 is 11.8 Å². The zero-order valence-corrected chi connectivity index (χ0v) is 10.2. The molecule has 1 heterocycles. The van der Waals surface area contributed by atoms with Gasteiger partial charge in [-0.05, 0) is 24.9 Å². The number of carbonyl (C=O) groups excluding carboxylic acids is 1. The van der Waals surface area contributed by atoms with Crippen molar-refractivity contribution in [1.29, 1.82) is 0 Å². The summed E-state index contributed by atoms with van der Waals surface area (Å²) < 4.78 is 1.42. The van der Waals surface area contributed by atoms with E-state index in [0.717, 1.165) is 18.6 Å². The van der Waals surface area contributed by atoms with Gasteiger partial charge in [0.15, 0.2) is 0 Å². The molecule has 0 unspecified atom stereocenters. The molecule has 90 valence electrons. The predicted octanol–water partition coefficient (Wildman–Crippen LogP) is 0.120. The van der Waals surface area contributed by atoms with Crippen LogP contribution in [0.3, 0.4) is 0 Å². The van der Waals surface area contributed by atoms with E-state index < -0.39 is 0 Å². The number of aromatic nitrogens is 3.